The molecule has 0 saturated carbocycles. The maximum atomic E-state index is 12.7. The zero-order valence-corrected chi connectivity index (χ0v) is 20.6. The minimum atomic E-state index is -3.80. The molecule has 0 aliphatic heterocycles. The van der Waals surface area contributed by atoms with Crippen molar-refractivity contribution < 1.29 is 21.6 Å². The summed E-state index contributed by atoms with van der Waals surface area (Å²) >= 11 is 6.26. The van der Waals surface area contributed by atoms with Crippen molar-refractivity contribution in [3.63, 3.8) is 0 Å². The van der Waals surface area contributed by atoms with Crippen LogP contribution in [-0.4, -0.2) is 29.0 Å². The normalized spacial score (nSPS) is 12.7. The van der Waals surface area contributed by atoms with Gasteiger partial charge in [0.2, 0.25) is 0 Å². The van der Waals surface area contributed by atoms with Crippen LogP contribution in [0.15, 0.2) is 76.5 Å². The second kappa shape index (κ2) is 9.54. The smallest absolute Gasteiger partial charge is 0.261 e. The topological polar surface area (TPSA) is 109 Å². The molecule has 0 spiro atoms. The van der Waals surface area contributed by atoms with E-state index in [1.165, 1.54) is 42.5 Å². The first-order valence-electron chi connectivity index (χ1n) is 9.87. The molecule has 7 nitrogen and oxygen atoms in total. The van der Waals surface area contributed by atoms with Gasteiger partial charge in [-0.25, -0.2) is 16.8 Å². The Hall–Kier alpha value is -2.88. The fraction of sp³-hybridized carbons (Fsp3) is 0.174. The van der Waals surface area contributed by atoms with Gasteiger partial charge in [0, 0.05) is 6.26 Å². The highest BCUT2D eigenvalue weighted by Gasteiger charge is 2.18. The molecule has 2 N–H and O–H groups in total. The molecule has 3 aromatic rings. The number of rotatable bonds is 7. The van der Waals surface area contributed by atoms with Crippen LogP contribution in [0.25, 0.3) is 0 Å². The third-order valence-electron chi connectivity index (χ3n) is 4.95. The number of hydrogen-bond acceptors (Lipinski definition) is 5. The van der Waals surface area contributed by atoms with Crippen LogP contribution >= 0.6 is 11.6 Å². The van der Waals surface area contributed by atoms with Crippen molar-refractivity contribution in [1.29, 1.82) is 0 Å². The summed E-state index contributed by atoms with van der Waals surface area (Å²) in [6.07, 6.45) is 1.12. The SMILES string of the molecule is Cc1ccc(S(=O)(=O)Nc2ccc(C(=O)NC(C)c3ccc(S(C)(=O)=O)cc3)c(Cl)c2)cc1. The highest BCUT2D eigenvalue weighted by atomic mass is 35.5. The summed E-state index contributed by atoms with van der Waals surface area (Å²) in [7, 11) is -7.11. The molecule has 174 valence electrons. The van der Waals surface area contributed by atoms with Crippen LogP contribution in [0.2, 0.25) is 5.02 Å². The number of carbonyl (C=O) groups excluding carboxylic acids is 1. The molecule has 1 amide bonds. The average molecular weight is 507 g/mol. The Kier molecular flexibility index (Phi) is 7.16. The van der Waals surface area contributed by atoms with Crippen LogP contribution in [0, 0.1) is 6.92 Å². The van der Waals surface area contributed by atoms with Crippen molar-refractivity contribution in [2.45, 2.75) is 29.7 Å². The summed E-state index contributed by atoms with van der Waals surface area (Å²) < 4.78 is 50.8. The molecule has 1 atom stereocenters. The molecule has 0 aromatic heterocycles. The lowest BCUT2D eigenvalue weighted by Crippen LogP contribution is -2.27. The largest absolute Gasteiger partial charge is 0.345 e. The van der Waals surface area contributed by atoms with Gasteiger partial charge in [-0.05, 0) is 61.9 Å². The maximum Gasteiger partial charge on any atom is 0.261 e. The Morgan fingerprint density at radius 2 is 1.45 bits per heavy atom. The lowest BCUT2D eigenvalue weighted by atomic mass is 10.1. The second-order valence-corrected chi connectivity index (χ2v) is 11.8. The van der Waals surface area contributed by atoms with E-state index in [4.69, 9.17) is 11.6 Å². The maximum absolute atomic E-state index is 12.7. The summed E-state index contributed by atoms with van der Waals surface area (Å²) in [5, 5.41) is 2.88. The Morgan fingerprint density at radius 3 is 2.00 bits per heavy atom. The van der Waals surface area contributed by atoms with Gasteiger partial charge in [-0.15, -0.1) is 0 Å². The van der Waals surface area contributed by atoms with Gasteiger partial charge < -0.3 is 5.32 Å². The number of benzene rings is 3. The number of amides is 1. The average Bonchev–Trinajstić information content (AvgIpc) is 2.73. The number of sulfonamides is 1. The summed E-state index contributed by atoms with van der Waals surface area (Å²) in [6.45, 7) is 3.62. The molecule has 0 fully saturated rings. The number of halogens is 1. The minimum Gasteiger partial charge on any atom is -0.345 e. The van der Waals surface area contributed by atoms with Gasteiger partial charge in [0.25, 0.3) is 15.9 Å². The van der Waals surface area contributed by atoms with Crippen LogP contribution in [0.3, 0.4) is 0 Å². The lowest BCUT2D eigenvalue weighted by Gasteiger charge is -2.16. The monoisotopic (exact) mass is 506 g/mol. The molecule has 33 heavy (non-hydrogen) atoms. The Balaban J connectivity index is 1.72. The minimum absolute atomic E-state index is 0.0798. The first kappa shape index (κ1) is 24.8. The summed E-state index contributed by atoms with van der Waals surface area (Å²) in [6, 6.07) is 16.5. The molecule has 10 heteroatoms. The zero-order chi connectivity index (χ0) is 24.4. The van der Waals surface area contributed by atoms with Crippen molar-refractivity contribution in [3.8, 4) is 0 Å². The number of nitrogens with one attached hydrogen (secondary N) is 2. The van der Waals surface area contributed by atoms with Gasteiger partial charge >= 0.3 is 0 Å². The Bertz CT molecular complexity index is 1390. The van der Waals surface area contributed by atoms with Crippen molar-refractivity contribution in [2.75, 3.05) is 11.0 Å². The standard InChI is InChI=1S/C23H23ClN2O5S2/c1-15-4-9-20(10-5-15)33(30,31)26-18-8-13-21(22(24)14-18)23(27)25-16(2)17-6-11-19(12-7-17)32(3,28)29/h4-14,16,26H,1-3H3,(H,25,27). The van der Waals surface area contributed by atoms with E-state index in [-0.39, 0.29) is 26.1 Å². The fourth-order valence-electron chi connectivity index (χ4n) is 3.06. The predicted octanol–water partition coefficient (Wildman–Crippen LogP) is 4.34. The molecule has 0 aliphatic carbocycles. The molecule has 0 saturated heterocycles. The first-order chi connectivity index (χ1) is 15.4. The van der Waals surface area contributed by atoms with E-state index < -0.39 is 31.8 Å². The van der Waals surface area contributed by atoms with Gasteiger partial charge in [0.05, 0.1) is 32.1 Å². The quantitative estimate of drug-likeness (QED) is 0.495. The van der Waals surface area contributed by atoms with Crippen LogP contribution in [-0.2, 0) is 19.9 Å². The number of hydrogen-bond donors (Lipinski definition) is 2. The van der Waals surface area contributed by atoms with Gasteiger partial charge in [-0.3, -0.25) is 9.52 Å². The zero-order valence-electron chi connectivity index (χ0n) is 18.2. The van der Waals surface area contributed by atoms with E-state index in [0.717, 1.165) is 11.8 Å². The predicted molar refractivity (Wildman–Crippen MR) is 129 cm³/mol. The van der Waals surface area contributed by atoms with E-state index in [2.05, 4.69) is 10.0 Å². The van der Waals surface area contributed by atoms with Crippen LogP contribution in [0.4, 0.5) is 5.69 Å². The number of aryl methyl sites for hydroxylation is 1. The molecule has 0 aliphatic rings. The first-order valence-corrected chi connectivity index (χ1v) is 13.6. The third-order valence-corrected chi connectivity index (χ3v) is 7.79. The molecule has 3 aromatic carbocycles. The fourth-order valence-corrected chi connectivity index (χ4v) is 5.00. The molecule has 0 radical (unpaired) electrons. The molecular weight excluding hydrogens is 484 g/mol. The Morgan fingerprint density at radius 1 is 0.879 bits per heavy atom. The van der Waals surface area contributed by atoms with Gasteiger partial charge in [-0.2, -0.15) is 0 Å². The molecule has 0 bridgehead atoms. The van der Waals surface area contributed by atoms with E-state index >= 15 is 0 Å². The highest BCUT2D eigenvalue weighted by molar-refractivity contribution is 7.92. The molecule has 0 heterocycles. The van der Waals surface area contributed by atoms with Crippen molar-refractivity contribution in [1.82, 2.24) is 5.32 Å². The van der Waals surface area contributed by atoms with Crippen LogP contribution in [0.5, 0.6) is 0 Å². The van der Waals surface area contributed by atoms with E-state index in [1.807, 2.05) is 6.92 Å². The van der Waals surface area contributed by atoms with Crippen LogP contribution < -0.4 is 10.0 Å². The van der Waals surface area contributed by atoms with Crippen LogP contribution in [0.1, 0.15) is 34.5 Å². The highest BCUT2D eigenvalue weighted by Crippen LogP contribution is 2.25. The third kappa shape index (κ3) is 6.13. The van der Waals surface area contributed by atoms with Gasteiger partial charge in [-0.1, -0.05) is 41.4 Å². The van der Waals surface area contributed by atoms with E-state index in [1.54, 1.807) is 31.2 Å². The lowest BCUT2D eigenvalue weighted by molar-refractivity contribution is 0.0940. The van der Waals surface area contributed by atoms with Crippen molar-refractivity contribution in [3.05, 3.63) is 88.4 Å². The molecule has 1 unspecified atom stereocenters. The van der Waals surface area contributed by atoms with Crippen molar-refractivity contribution >= 4 is 43.1 Å². The molecule has 3 rings (SSSR count). The number of anilines is 1. The molecular formula is C23H23ClN2O5S2. The van der Waals surface area contributed by atoms with E-state index in [9.17, 15) is 21.6 Å². The summed E-state index contributed by atoms with van der Waals surface area (Å²) in [5.41, 5.74) is 2.05. The summed E-state index contributed by atoms with van der Waals surface area (Å²) in [5.74, 6) is -0.451. The number of carbonyl (C=O) groups is 1. The Labute approximate surface area is 198 Å². The number of sulfone groups is 1. The summed E-state index contributed by atoms with van der Waals surface area (Å²) in [4.78, 5) is 13.0. The van der Waals surface area contributed by atoms with Gasteiger partial charge in [0.1, 0.15) is 0 Å². The van der Waals surface area contributed by atoms with Crippen molar-refractivity contribution in [2.24, 2.45) is 0 Å². The second-order valence-electron chi connectivity index (χ2n) is 7.65. The van der Waals surface area contributed by atoms with E-state index in [0.29, 0.717) is 5.56 Å². The van der Waals surface area contributed by atoms with Gasteiger partial charge in [0.15, 0.2) is 9.84 Å².